The molecule has 0 saturated carbocycles. The van der Waals surface area contributed by atoms with Crippen LogP contribution < -0.4 is 15.0 Å². The first-order valence-corrected chi connectivity index (χ1v) is 11.2. The average molecular weight is 474 g/mol. The maximum Gasteiger partial charge on any atom is 0.416 e. The van der Waals surface area contributed by atoms with Crippen LogP contribution in [0.25, 0.3) is 0 Å². The van der Waals surface area contributed by atoms with E-state index >= 15 is 0 Å². The fourth-order valence-electron chi connectivity index (χ4n) is 3.06. The Labute approximate surface area is 185 Å². The van der Waals surface area contributed by atoms with Crippen molar-refractivity contribution in [2.75, 3.05) is 44.5 Å². The number of carbonyl (C=O) groups excluding carboxylic acids is 1. The molecule has 2 aromatic rings. The standard InChI is InChI=1S/C21H26F3N3O4S/c1-6-27(7-2)17-10-9-15(21(22,23)24)13-16(17)25-20(28)14-8-11-18(31-5)19(12-14)32(29,30)26(3)4/h8-13H,6-7H2,1-5H3,(H,25,28). The number of sulfonamides is 1. The lowest BCUT2D eigenvalue weighted by molar-refractivity contribution is -0.137. The Hall–Kier alpha value is -2.79. The number of benzene rings is 2. The van der Waals surface area contributed by atoms with Crippen LogP contribution in [0.15, 0.2) is 41.3 Å². The van der Waals surface area contributed by atoms with E-state index in [4.69, 9.17) is 4.74 Å². The lowest BCUT2D eigenvalue weighted by Gasteiger charge is -2.25. The number of alkyl halides is 3. The Bertz CT molecular complexity index is 1080. The predicted octanol–water partition coefficient (Wildman–Crippen LogP) is 4.06. The van der Waals surface area contributed by atoms with Crippen LogP contribution in [-0.2, 0) is 16.2 Å². The van der Waals surface area contributed by atoms with E-state index in [9.17, 15) is 26.4 Å². The second-order valence-corrected chi connectivity index (χ2v) is 9.13. The van der Waals surface area contributed by atoms with E-state index in [1.165, 1.54) is 39.4 Å². The van der Waals surface area contributed by atoms with Crippen LogP contribution in [0, 0.1) is 0 Å². The molecule has 0 atom stereocenters. The fraction of sp³-hybridized carbons (Fsp3) is 0.381. The number of rotatable bonds is 8. The van der Waals surface area contributed by atoms with Gasteiger partial charge in [-0.15, -0.1) is 0 Å². The third-order valence-electron chi connectivity index (χ3n) is 4.86. The zero-order valence-electron chi connectivity index (χ0n) is 18.4. The molecule has 0 aliphatic carbocycles. The van der Waals surface area contributed by atoms with Crippen molar-refractivity contribution in [3.8, 4) is 5.75 Å². The van der Waals surface area contributed by atoms with Gasteiger partial charge in [0, 0.05) is 32.7 Å². The molecule has 11 heteroatoms. The van der Waals surface area contributed by atoms with E-state index in [1.807, 2.05) is 13.8 Å². The van der Waals surface area contributed by atoms with Gasteiger partial charge < -0.3 is 15.0 Å². The summed E-state index contributed by atoms with van der Waals surface area (Å²) in [5, 5.41) is 2.50. The number of halogens is 3. The van der Waals surface area contributed by atoms with Gasteiger partial charge in [-0.05, 0) is 50.2 Å². The number of nitrogens with one attached hydrogen (secondary N) is 1. The van der Waals surface area contributed by atoms with E-state index < -0.39 is 27.7 Å². The van der Waals surface area contributed by atoms with Crippen molar-refractivity contribution >= 4 is 27.3 Å². The Morgan fingerprint density at radius 3 is 2.19 bits per heavy atom. The molecule has 0 aliphatic heterocycles. The molecule has 32 heavy (non-hydrogen) atoms. The minimum Gasteiger partial charge on any atom is -0.495 e. The zero-order valence-corrected chi connectivity index (χ0v) is 19.3. The molecule has 176 valence electrons. The predicted molar refractivity (Wildman–Crippen MR) is 117 cm³/mol. The van der Waals surface area contributed by atoms with Crippen LogP contribution in [-0.4, -0.2) is 52.9 Å². The molecule has 0 radical (unpaired) electrons. The highest BCUT2D eigenvalue weighted by atomic mass is 32.2. The monoisotopic (exact) mass is 473 g/mol. The van der Waals surface area contributed by atoms with Gasteiger partial charge in [-0.3, -0.25) is 4.79 Å². The molecule has 0 bridgehead atoms. The van der Waals surface area contributed by atoms with E-state index in [1.54, 1.807) is 4.90 Å². The smallest absolute Gasteiger partial charge is 0.416 e. The number of carbonyl (C=O) groups is 1. The van der Waals surface area contributed by atoms with Crippen LogP contribution in [0.4, 0.5) is 24.5 Å². The molecule has 1 amide bonds. The summed E-state index contributed by atoms with van der Waals surface area (Å²) in [6.45, 7) is 4.71. The average Bonchev–Trinajstić information content (AvgIpc) is 2.74. The first-order chi connectivity index (χ1) is 14.9. The quantitative estimate of drug-likeness (QED) is 0.626. The summed E-state index contributed by atoms with van der Waals surface area (Å²) in [4.78, 5) is 14.5. The summed E-state index contributed by atoms with van der Waals surface area (Å²) in [7, 11) is 0.0293. The highest BCUT2D eigenvalue weighted by Gasteiger charge is 2.32. The maximum absolute atomic E-state index is 13.3. The Kier molecular flexibility index (Phi) is 7.79. The molecule has 0 aliphatic rings. The van der Waals surface area contributed by atoms with Crippen molar-refractivity contribution in [2.45, 2.75) is 24.9 Å². The molecule has 1 N–H and O–H groups in total. The lowest BCUT2D eigenvalue weighted by Crippen LogP contribution is -2.25. The van der Waals surface area contributed by atoms with Gasteiger partial charge in [0.15, 0.2) is 0 Å². The Morgan fingerprint density at radius 2 is 1.69 bits per heavy atom. The van der Waals surface area contributed by atoms with Gasteiger partial charge in [0.05, 0.1) is 24.0 Å². The second kappa shape index (κ2) is 9.78. The van der Waals surface area contributed by atoms with Crippen LogP contribution in [0.5, 0.6) is 5.75 Å². The van der Waals surface area contributed by atoms with Crippen molar-refractivity contribution in [3.63, 3.8) is 0 Å². The molecule has 0 heterocycles. The molecular formula is C21H26F3N3O4S. The number of nitrogens with zero attached hydrogens (tertiary/aromatic N) is 2. The minimum atomic E-state index is -4.59. The molecule has 2 rings (SSSR count). The second-order valence-electron chi connectivity index (χ2n) is 7.01. The molecular weight excluding hydrogens is 447 g/mol. The molecule has 0 saturated heterocycles. The van der Waals surface area contributed by atoms with Gasteiger partial charge in [0.25, 0.3) is 5.91 Å². The summed E-state index contributed by atoms with van der Waals surface area (Å²) in [6, 6.07) is 6.93. The number of anilines is 2. The van der Waals surface area contributed by atoms with Crippen molar-refractivity contribution in [3.05, 3.63) is 47.5 Å². The Morgan fingerprint density at radius 1 is 1.06 bits per heavy atom. The fourth-order valence-corrected chi connectivity index (χ4v) is 4.14. The molecule has 0 unspecified atom stereocenters. The van der Waals surface area contributed by atoms with E-state index in [2.05, 4.69) is 5.32 Å². The van der Waals surface area contributed by atoms with Crippen LogP contribution >= 0.6 is 0 Å². The third-order valence-corrected chi connectivity index (χ3v) is 6.70. The van der Waals surface area contributed by atoms with Gasteiger partial charge >= 0.3 is 6.18 Å². The molecule has 0 spiro atoms. The SMILES string of the molecule is CCN(CC)c1ccc(C(F)(F)F)cc1NC(=O)c1ccc(OC)c(S(=O)(=O)N(C)C)c1. The summed E-state index contributed by atoms with van der Waals surface area (Å²) in [5.41, 5.74) is -0.559. The van der Waals surface area contributed by atoms with Crippen LogP contribution in [0.1, 0.15) is 29.8 Å². The molecule has 0 aromatic heterocycles. The van der Waals surface area contributed by atoms with Crippen LogP contribution in [0.3, 0.4) is 0 Å². The highest BCUT2D eigenvalue weighted by Crippen LogP contribution is 2.36. The lowest BCUT2D eigenvalue weighted by atomic mass is 10.1. The van der Waals surface area contributed by atoms with Gasteiger partial charge in [0.2, 0.25) is 10.0 Å². The summed E-state index contributed by atoms with van der Waals surface area (Å²) < 4.78 is 71.0. The topological polar surface area (TPSA) is 79.0 Å². The number of hydrogen-bond acceptors (Lipinski definition) is 5. The summed E-state index contributed by atoms with van der Waals surface area (Å²) in [5.74, 6) is -0.714. The molecule has 0 fully saturated rings. The molecule has 2 aromatic carbocycles. The van der Waals surface area contributed by atoms with E-state index in [0.29, 0.717) is 18.8 Å². The largest absolute Gasteiger partial charge is 0.495 e. The first-order valence-electron chi connectivity index (χ1n) is 9.74. The summed E-state index contributed by atoms with van der Waals surface area (Å²) in [6.07, 6.45) is -4.59. The van der Waals surface area contributed by atoms with Gasteiger partial charge in [0.1, 0.15) is 10.6 Å². The zero-order chi connectivity index (χ0) is 24.3. The third kappa shape index (κ3) is 5.33. The van der Waals surface area contributed by atoms with Crippen molar-refractivity contribution in [1.82, 2.24) is 4.31 Å². The van der Waals surface area contributed by atoms with Crippen molar-refractivity contribution in [2.24, 2.45) is 0 Å². The van der Waals surface area contributed by atoms with Crippen molar-refractivity contribution in [1.29, 1.82) is 0 Å². The van der Waals surface area contributed by atoms with E-state index in [-0.39, 0.29) is 21.9 Å². The number of methoxy groups -OCH3 is 1. The van der Waals surface area contributed by atoms with Crippen LogP contribution in [0.2, 0.25) is 0 Å². The van der Waals surface area contributed by atoms with Gasteiger partial charge in [-0.2, -0.15) is 13.2 Å². The maximum atomic E-state index is 13.3. The Balaban J connectivity index is 2.54. The van der Waals surface area contributed by atoms with Gasteiger partial charge in [-0.1, -0.05) is 0 Å². The summed E-state index contributed by atoms with van der Waals surface area (Å²) >= 11 is 0. The first kappa shape index (κ1) is 25.5. The minimum absolute atomic E-state index is 0.0265. The number of hydrogen-bond donors (Lipinski definition) is 1. The van der Waals surface area contributed by atoms with Gasteiger partial charge in [-0.25, -0.2) is 12.7 Å². The van der Waals surface area contributed by atoms with E-state index in [0.717, 1.165) is 22.5 Å². The highest BCUT2D eigenvalue weighted by molar-refractivity contribution is 7.89. The normalized spacial score (nSPS) is 12.0. The molecule has 7 nitrogen and oxygen atoms in total. The number of ether oxygens (including phenoxy) is 1. The van der Waals surface area contributed by atoms with Crippen molar-refractivity contribution < 1.29 is 31.1 Å². The number of amides is 1.